The van der Waals surface area contributed by atoms with E-state index in [2.05, 4.69) is 15.3 Å². The number of thiazole rings is 1. The number of aryl methyl sites for hydroxylation is 1. The van der Waals surface area contributed by atoms with Crippen LogP contribution in [0.25, 0.3) is 0 Å². The highest BCUT2D eigenvalue weighted by molar-refractivity contribution is 7.81. The quantitative estimate of drug-likeness (QED) is 0.851. The minimum Gasteiger partial charge on any atom is -0.481 e. The van der Waals surface area contributed by atoms with Crippen LogP contribution >= 0.6 is 23.6 Å². The van der Waals surface area contributed by atoms with Crippen molar-refractivity contribution in [3.63, 3.8) is 0 Å². The Labute approximate surface area is 133 Å². The Bertz CT molecular complexity index is 641. The van der Waals surface area contributed by atoms with Gasteiger partial charge in [0.1, 0.15) is 4.99 Å². The third-order valence-electron chi connectivity index (χ3n) is 2.45. The summed E-state index contributed by atoms with van der Waals surface area (Å²) in [4.78, 5) is 9.13. The van der Waals surface area contributed by atoms with Crippen molar-refractivity contribution in [3.05, 3.63) is 28.8 Å². The molecular formula is C14H17N3O2S2. The molecule has 2 rings (SSSR count). The Morgan fingerprint density at radius 3 is 2.57 bits per heavy atom. The molecule has 0 aliphatic rings. The minimum absolute atomic E-state index is 0.0283. The van der Waals surface area contributed by atoms with Crippen LogP contribution < -0.4 is 14.8 Å². The summed E-state index contributed by atoms with van der Waals surface area (Å²) >= 11 is 6.92. The van der Waals surface area contributed by atoms with Gasteiger partial charge in [-0.05, 0) is 20.8 Å². The number of anilines is 1. The van der Waals surface area contributed by atoms with Crippen LogP contribution in [0.5, 0.6) is 11.8 Å². The molecule has 0 spiro atoms. The molecule has 0 bridgehead atoms. The second kappa shape index (κ2) is 6.82. The summed E-state index contributed by atoms with van der Waals surface area (Å²) in [5, 5.41) is 5.84. The lowest BCUT2D eigenvalue weighted by Gasteiger charge is -2.12. The van der Waals surface area contributed by atoms with Crippen LogP contribution in [0.2, 0.25) is 0 Å². The lowest BCUT2D eigenvalue weighted by molar-refractivity contribution is 0.229. The predicted molar refractivity (Wildman–Crippen MR) is 88.7 cm³/mol. The van der Waals surface area contributed by atoms with E-state index >= 15 is 0 Å². The van der Waals surface area contributed by atoms with Crippen molar-refractivity contribution in [3.8, 4) is 11.8 Å². The maximum Gasteiger partial charge on any atom is 0.217 e. The average molecular weight is 323 g/mol. The molecular weight excluding hydrogens is 306 g/mol. The molecule has 5 nitrogen and oxygen atoms in total. The predicted octanol–water partition coefficient (Wildman–Crippen LogP) is 3.43. The summed E-state index contributed by atoms with van der Waals surface area (Å²) in [7, 11) is 1.56. The van der Waals surface area contributed by atoms with Crippen LogP contribution in [0.1, 0.15) is 25.1 Å². The van der Waals surface area contributed by atoms with Gasteiger partial charge in [0.25, 0.3) is 0 Å². The van der Waals surface area contributed by atoms with Crippen LogP contribution in [-0.2, 0) is 0 Å². The van der Waals surface area contributed by atoms with E-state index in [1.54, 1.807) is 19.2 Å². The van der Waals surface area contributed by atoms with Crippen molar-refractivity contribution in [2.24, 2.45) is 0 Å². The molecule has 0 aliphatic heterocycles. The SMILES string of the molecule is COc1cc(C(=S)Nc2nc(C)cs2)cc(OC(C)C)n1. The number of thiocarbonyl (C=S) groups is 1. The molecule has 0 saturated heterocycles. The monoisotopic (exact) mass is 323 g/mol. The Kier molecular flexibility index (Phi) is 5.08. The summed E-state index contributed by atoms with van der Waals surface area (Å²) < 4.78 is 10.8. The zero-order chi connectivity index (χ0) is 15.4. The molecule has 0 fully saturated rings. The van der Waals surface area contributed by atoms with Crippen molar-refractivity contribution in [2.45, 2.75) is 26.9 Å². The van der Waals surface area contributed by atoms with E-state index < -0.39 is 0 Å². The molecule has 0 unspecified atom stereocenters. The maximum absolute atomic E-state index is 5.61. The van der Waals surface area contributed by atoms with Crippen molar-refractivity contribution in [1.82, 2.24) is 9.97 Å². The van der Waals surface area contributed by atoms with E-state index in [1.165, 1.54) is 11.3 Å². The van der Waals surface area contributed by atoms with E-state index in [0.717, 1.165) is 16.4 Å². The molecule has 2 aromatic heterocycles. The fourth-order valence-corrected chi connectivity index (χ4v) is 2.57. The fraction of sp³-hybridized carbons (Fsp3) is 0.357. The van der Waals surface area contributed by atoms with Crippen molar-refractivity contribution >= 4 is 33.7 Å². The zero-order valence-corrected chi connectivity index (χ0v) is 14.0. The van der Waals surface area contributed by atoms with Crippen molar-refractivity contribution < 1.29 is 9.47 Å². The van der Waals surface area contributed by atoms with Crippen molar-refractivity contribution in [2.75, 3.05) is 12.4 Å². The third-order valence-corrected chi connectivity index (χ3v) is 3.66. The summed E-state index contributed by atoms with van der Waals surface area (Å²) in [6, 6.07) is 3.56. The number of rotatable bonds is 5. The Morgan fingerprint density at radius 2 is 2.00 bits per heavy atom. The number of hydrogen-bond acceptors (Lipinski definition) is 6. The summed E-state index contributed by atoms with van der Waals surface area (Å²) in [6.07, 6.45) is 0.0283. The average Bonchev–Trinajstić information content (AvgIpc) is 2.82. The van der Waals surface area contributed by atoms with Crippen LogP contribution in [0.4, 0.5) is 5.13 Å². The first-order chi connectivity index (χ1) is 9.97. The third kappa shape index (κ3) is 4.37. The smallest absolute Gasteiger partial charge is 0.217 e. The van der Waals surface area contributed by atoms with Gasteiger partial charge in [0.05, 0.1) is 18.9 Å². The standard InChI is InChI=1S/C14H17N3O2S2/c1-8(2)19-12-6-10(5-11(16-12)18-4)13(20)17-14-15-9(3)7-21-14/h5-8H,1-4H3,(H,15,17,20). The molecule has 2 heterocycles. The number of ether oxygens (including phenoxy) is 2. The maximum atomic E-state index is 5.61. The van der Waals surface area contributed by atoms with E-state index in [0.29, 0.717) is 16.7 Å². The van der Waals surface area contributed by atoms with E-state index in [-0.39, 0.29) is 6.10 Å². The highest BCUT2D eigenvalue weighted by atomic mass is 32.1. The van der Waals surface area contributed by atoms with Gasteiger partial charge in [-0.3, -0.25) is 0 Å². The summed E-state index contributed by atoms with van der Waals surface area (Å²) in [6.45, 7) is 5.82. The molecule has 2 aromatic rings. The number of aromatic nitrogens is 2. The largest absolute Gasteiger partial charge is 0.481 e. The molecule has 0 saturated carbocycles. The zero-order valence-electron chi connectivity index (χ0n) is 12.3. The van der Waals surface area contributed by atoms with Crippen LogP contribution in [0, 0.1) is 6.92 Å². The van der Waals surface area contributed by atoms with Crippen molar-refractivity contribution in [1.29, 1.82) is 0 Å². The highest BCUT2D eigenvalue weighted by Crippen LogP contribution is 2.21. The molecule has 1 N–H and O–H groups in total. The normalized spacial score (nSPS) is 10.5. The van der Waals surface area contributed by atoms with Crippen LogP contribution in [0.3, 0.4) is 0 Å². The van der Waals surface area contributed by atoms with Gasteiger partial charge in [0.2, 0.25) is 11.8 Å². The Morgan fingerprint density at radius 1 is 1.29 bits per heavy atom. The van der Waals surface area contributed by atoms with Gasteiger partial charge in [-0.1, -0.05) is 12.2 Å². The highest BCUT2D eigenvalue weighted by Gasteiger charge is 2.11. The van der Waals surface area contributed by atoms with Gasteiger partial charge in [0.15, 0.2) is 5.13 Å². The van der Waals surface area contributed by atoms with E-state index in [9.17, 15) is 0 Å². The van der Waals surface area contributed by atoms with E-state index in [4.69, 9.17) is 21.7 Å². The number of nitrogens with one attached hydrogen (secondary N) is 1. The first kappa shape index (κ1) is 15.7. The second-order valence-electron chi connectivity index (χ2n) is 4.65. The lowest BCUT2D eigenvalue weighted by atomic mass is 10.2. The lowest BCUT2D eigenvalue weighted by Crippen LogP contribution is -2.13. The molecule has 0 atom stereocenters. The molecule has 0 aromatic carbocycles. The van der Waals surface area contributed by atoms with Gasteiger partial charge < -0.3 is 14.8 Å². The second-order valence-corrected chi connectivity index (χ2v) is 5.92. The molecule has 0 amide bonds. The Hall–Kier alpha value is -1.73. The molecule has 7 heteroatoms. The number of methoxy groups -OCH3 is 1. The van der Waals surface area contributed by atoms with Gasteiger partial charge in [0, 0.05) is 23.1 Å². The molecule has 21 heavy (non-hydrogen) atoms. The van der Waals surface area contributed by atoms with Gasteiger partial charge >= 0.3 is 0 Å². The first-order valence-corrected chi connectivity index (χ1v) is 7.73. The molecule has 0 radical (unpaired) electrons. The number of pyridine rings is 1. The van der Waals surface area contributed by atoms with Crippen LogP contribution in [-0.4, -0.2) is 28.2 Å². The number of nitrogens with zero attached hydrogens (tertiary/aromatic N) is 2. The summed E-state index contributed by atoms with van der Waals surface area (Å²) in [5.41, 5.74) is 1.74. The minimum atomic E-state index is 0.0283. The Balaban J connectivity index is 2.22. The fourth-order valence-electron chi connectivity index (χ4n) is 1.60. The number of hydrogen-bond donors (Lipinski definition) is 1. The van der Waals surface area contributed by atoms with Gasteiger partial charge in [-0.15, -0.1) is 11.3 Å². The van der Waals surface area contributed by atoms with Gasteiger partial charge in [-0.2, -0.15) is 4.98 Å². The van der Waals surface area contributed by atoms with Crippen LogP contribution in [0.15, 0.2) is 17.5 Å². The molecule has 0 aliphatic carbocycles. The summed E-state index contributed by atoms with van der Waals surface area (Å²) in [5.74, 6) is 0.946. The van der Waals surface area contributed by atoms with E-state index in [1.807, 2.05) is 26.2 Å². The first-order valence-electron chi connectivity index (χ1n) is 6.44. The topological polar surface area (TPSA) is 56.3 Å². The molecule has 112 valence electrons. The van der Waals surface area contributed by atoms with Gasteiger partial charge in [-0.25, -0.2) is 4.98 Å².